The third-order valence-electron chi connectivity index (χ3n) is 3.94. The summed E-state index contributed by atoms with van der Waals surface area (Å²) in [6.07, 6.45) is 5.88. The van der Waals surface area contributed by atoms with Gasteiger partial charge in [-0.15, -0.1) is 0 Å². The van der Waals surface area contributed by atoms with E-state index >= 15 is 0 Å². The van der Waals surface area contributed by atoms with Crippen molar-refractivity contribution in [2.45, 2.75) is 25.8 Å². The number of carbonyl (C=O) groups excluding carboxylic acids is 1. The smallest absolute Gasteiger partial charge is 0.246 e. The minimum Gasteiger partial charge on any atom is -0.399 e. The zero-order valence-corrected chi connectivity index (χ0v) is 12.8. The van der Waals surface area contributed by atoms with Crippen molar-refractivity contribution in [1.82, 2.24) is 4.90 Å². The summed E-state index contributed by atoms with van der Waals surface area (Å²) in [7, 11) is 1.66. The number of benzene rings is 1. The molecule has 2 N–H and O–H groups in total. The van der Waals surface area contributed by atoms with Gasteiger partial charge in [0.25, 0.3) is 0 Å². The molecular formula is C17H24N2O2. The van der Waals surface area contributed by atoms with E-state index in [1.165, 1.54) is 12.8 Å². The molecule has 1 fully saturated rings. The highest BCUT2D eigenvalue weighted by atomic mass is 16.5. The van der Waals surface area contributed by atoms with E-state index in [0.29, 0.717) is 24.8 Å². The Morgan fingerprint density at radius 1 is 1.52 bits per heavy atom. The molecule has 1 aromatic carbocycles. The van der Waals surface area contributed by atoms with Crippen LogP contribution in [-0.4, -0.2) is 37.1 Å². The number of methoxy groups -OCH3 is 1. The second-order valence-corrected chi connectivity index (χ2v) is 5.61. The lowest BCUT2D eigenvalue weighted by Gasteiger charge is -2.28. The van der Waals surface area contributed by atoms with Crippen molar-refractivity contribution in [3.8, 4) is 0 Å². The molecular weight excluding hydrogens is 264 g/mol. The number of anilines is 1. The summed E-state index contributed by atoms with van der Waals surface area (Å²) in [6, 6.07) is 7.78. The number of hydrogen-bond acceptors (Lipinski definition) is 3. The number of rotatable bonds is 7. The van der Waals surface area contributed by atoms with Crippen molar-refractivity contribution < 1.29 is 9.53 Å². The van der Waals surface area contributed by atoms with Crippen molar-refractivity contribution in [3.63, 3.8) is 0 Å². The van der Waals surface area contributed by atoms with Crippen LogP contribution in [0, 0.1) is 5.92 Å². The molecule has 21 heavy (non-hydrogen) atoms. The zero-order chi connectivity index (χ0) is 15.2. The summed E-state index contributed by atoms with van der Waals surface area (Å²) in [5.41, 5.74) is 7.38. The summed E-state index contributed by atoms with van der Waals surface area (Å²) in [6.45, 7) is 3.32. The van der Waals surface area contributed by atoms with Crippen molar-refractivity contribution in [2.75, 3.05) is 26.0 Å². The van der Waals surface area contributed by atoms with Crippen LogP contribution in [0.4, 0.5) is 5.69 Å². The molecule has 1 aliphatic rings. The Balaban J connectivity index is 2.02. The normalized spacial score (nSPS) is 16.1. The van der Waals surface area contributed by atoms with Crippen molar-refractivity contribution in [2.24, 2.45) is 5.92 Å². The van der Waals surface area contributed by atoms with Gasteiger partial charge in [-0.2, -0.15) is 0 Å². The minimum absolute atomic E-state index is 0.0360. The van der Waals surface area contributed by atoms with E-state index in [1.807, 2.05) is 35.2 Å². The predicted octanol–water partition coefficient (Wildman–Crippen LogP) is 2.56. The molecule has 1 aliphatic carbocycles. The molecule has 1 aromatic rings. The lowest BCUT2D eigenvalue weighted by Crippen LogP contribution is -2.41. The highest BCUT2D eigenvalue weighted by Gasteiger charge is 2.33. The summed E-state index contributed by atoms with van der Waals surface area (Å²) >= 11 is 0. The summed E-state index contributed by atoms with van der Waals surface area (Å²) in [5, 5.41) is 0. The topological polar surface area (TPSA) is 55.6 Å². The fraction of sp³-hybridized carbons (Fsp3) is 0.471. The molecule has 0 radical (unpaired) electrons. The first-order valence-corrected chi connectivity index (χ1v) is 7.45. The van der Waals surface area contributed by atoms with Gasteiger partial charge in [-0.3, -0.25) is 4.79 Å². The Morgan fingerprint density at radius 2 is 2.29 bits per heavy atom. The van der Waals surface area contributed by atoms with Gasteiger partial charge in [-0.05, 0) is 49.5 Å². The largest absolute Gasteiger partial charge is 0.399 e. The molecule has 0 bridgehead atoms. The molecule has 1 saturated carbocycles. The monoisotopic (exact) mass is 288 g/mol. The van der Waals surface area contributed by atoms with Gasteiger partial charge in [0, 0.05) is 31.5 Å². The van der Waals surface area contributed by atoms with Gasteiger partial charge >= 0.3 is 0 Å². The molecule has 1 unspecified atom stereocenters. The quantitative estimate of drug-likeness (QED) is 0.619. The lowest BCUT2D eigenvalue weighted by atomic mass is 10.1. The van der Waals surface area contributed by atoms with Crippen LogP contribution in [0.5, 0.6) is 0 Å². The van der Waals surface area contributed by atoms with Crippen LogP contribution in [0.15, 0.2) is 30.3 Å². The first kappa shape index (κ1) is 15.6. The maximum absolute atomic E-state index is 12.4. The van der Waals surface area contributed by atoms with E-state index in [2.05, 4.69) is 6.92 Å². The molecule has 4 heteroatoms. The summed E-state index contributed by atoms with van der Waals surface area (Å²) < 4.78 is 5.12. The van der Waals surface area contributed by atoms with Crippen LogP contribution < -0.4 is 5.73 Å². The predicted molar refractivity (Wildman–Crippen MR) is 85.7 cm³/mol. The number of nitrogen functional groups attached to an aromatic ring is 1. The average Bonchev–Trinajstić information content (AvgIpc) is 3.30. The number of hydrogen-bond donors (Lipinski definition) is 1. The number of amides is 1. The number of carbonyl (C=O) groups is 1. The first-order valence-electron chi connectivity index (χ1n) is 7.45. The Hall–Kier alpha value is -1.81. The summed E-state index contributed by atoms with van der Waals surface area (Å²) in [4.78, 5) is 14.3. The molecule has 2 rings (SSSR count). The van der Waals surface area contributed by atoms with E-state index in [0.717, 1.165) is 5.56 Å². The second kappa shape index (κ2) is 7.27. The summed E-state index contributed by atoms with van der Waals surface area (Å²) in [5.74, 6) is 0.681. The molecule has 0 spiro atoms. The van der Waals surface area contributed by atoms with E-state index in [-0.39, 0.29) is 11.9 Å². The van der Waals surface area contributed by atoms with Crippen LogP contribution in [0.3, 0.4) is 0 Å². The van der Waals surface area contributed by atoms with Gasteiger partial charge in [-0.1, -0.05) is 12.1 Å². The Morgan fingerprint density at radius 3 is 2.90 bits per heavy atom. The molecule has 1 amide bonds. The van der Waals surface area contributed by atoms with Crippen LogP contribution in [0.25, 0.3) is 6.08 Å². The molecule has 0 aromatic heterocycles. The van der Waals surface area contributed by atoms with Crippen LogP contribution in [-0.2, 0) is 9.53 Å². The number of nitrogens with two attached hydrogens (primary N) is 1. The average molecular weight is 288 g/mol. The molecule has 4 nitrogen and oxygen atoms in total. The first-order chi connectivity index (χ1) is 10.1. The van der Waals surface area contributed by atoms with Gasteiger partial charge in [-0.25, -0.2) is 0 Å². The maximum Gasteiger partial charge on any atom is 0.246 e. The molecule has 1 atom stereocenters. The van der Waals surface area contributed by atoms with Gasteiger partial charge in [0.2, 0.25) is 5.91 Å². The van der Waals surface area contributed by atoms with Crippen LogP contribution in [0.1, 0.15) is 25.3 Å². The van der Waals surface area contributed by atoms with Gasteiger partial charge < -0.3 is 15.4 Å². The van der Waals surface area contributed by atoms with Crippen LogP contribution >= 0.6 is 0 Å². The van der Waals surface area contributed by atoms with E-state index in [4.69, 9.17) is 10.5 Å². The Bertz CT molecular complexity index is 509. The zero-order valence-electron chi connectivity index (χ0n) is 12.8. The van der Waals surface area contributed by atoms with Crippen LogP contribution in [0.2, 0.25) is 0 Å². The lowest BCUT2D eigenvalue weighted by molar-refractivity contribution is -0.129. The number of ether oxygens (including phenoxy) is 1. The van der Waals surface area contributed by atoms with Gasteiger partial charge in [0.15, 0.2) is 0 Å². The molecule has 0 heterocycles. The fourth-order valence-electron chi connectivity index (χ4n) is 2.46. The van der Waals surface area contributed by atoms with Crippen molar-refractivity contribution >= 4 is 17.7 Å². The van der Waals surface area contributed by atoms with Gasteiger partial charge in [0.1, 0.15) is 0 Å². The SMILES string of the molecule is COCCN(C(=O)/C=C/c1cccc(N)c1)C(C)C1CC1. The number of nitrogens with zero attached hydrogens (tertiary/aromatic N) is 1. The third-order valence-corrected chi connectivity index (χ3v) is 3.94. The Labute approximate surface area is 126 Å². The fourth-order valence-corrected chi connectivity index (χ4v) is 2.46. The molecule has 114 valence electrons. The van der Waals surface area contributed by atoms with Crippen molar-refractivity contribution in [3.05, 3.63) is 35.9 Å². The van der Waals surface area contributed by atoms with E-state index < -0.39 is 0 Å². The maximum atomic E-state index is 12.4. The molecule has 0 aliphatic heterocycles. The second-order valence-electron chi connectivity index (χ2n) is 5.61. The van der Waals surface area contributed by atoms with Crippen molar-refractivity contribution in [1.29, 1.82) is 0 Å². The standard InChI is InChI=1S/C17H24N2O2/c1-13(15-7-8-15)19(10-11-21-2)17(20)9-6-14-4-3-5-16(18)12-14/h3-6,9,12-13,15H,7-8,10-11,18H2,1-2H3/b9-6+. The highest BCUT2D eigenvalue weighted by molar-refractivity contribution is 5.92. The third kappa shape index (κ3) is 4.60. The Kier molecular flexibility index (Phi) is 5.39. The minimum atomic E-state index is 0.0360. The molecule has 0 saturated heterocycles. The van der Waals surface area contributed by atoms with Gasteiger partial charge in [0.05, 0.1) is 6.61 Å². The van der Waals surface area contributed by atoms with E-state index in [9.17, 15) is 4.79 Å². The highest BCUT2D eigenvalue weighted by Crippen LogP contribution is 2.35. The van der Waals surface area contributed by atoms with E-state index in [1.54, 1.807) is 13.2 Å².